The molecule has 1 aromatic carbocycles. The minimum Gasteiger partial charge on any atom is -0.367 e. The second kappa shape index (κ2) is 10.6. The fourth-order valence-corrected chi connectivity index (χ4v) is 5.83. The average molecular weight is 479 g/mol. The number of carbonyl (C=O) groups excluding carboxylic acids is 1. The highest BCUT2D eigenvalue weighted by Gasteiger charge is 2.32. The van der Waals surface area contributed by atoms with Gasteiger partial charge in [0.15, 0.2) is 5.03 Å². The van der Waals surface area contributed by atoms with Gasteiger partial charge in [0, 0.05) is 51.7 Å². The predicted octanol–water partition coefficient (Wildman–Crippen LogP) is 1.28. The topological polar surface area (TPSA) is 102 Å². The molecule has 0 atom stereocenters. The van der Waals surface area contributed by atoms with Crippen molar-refractivity contribution in [3.63, 3.8) is 0 Å². The van der Waals surface area contributed by atoms with Crippen LogP contribution in [0.4, 0.5) is 10.1 Å². The van der Waals surface area contributed by atoms with Crippen LogP contribution in [0.1, 0.15) is 19.3 Å². The van der Waals surface area contributed by atoms with Crippen LogP contribution in [0.25, 0.3) is 0 Å². The van der Waals surface area contributed by atoms with Gasteiger partial charge in [0.2, 0.25) is 5.91 Å². The van der Waals surface area contributed by atoms with Gasteiger partial charge in [-0.15, -0.1) is 0 Å². The Morgan fingerprint density at radius 3 is 2.52 bits per heavy atom. The van der Waals surface area contributed by atoms with Gasteiger partial charge in [-0.1, -0.05) is 12.1 Å². The molecule has 0 saturated carbocycles. The molecular formula is C22H31FN6O3S. The van der Waals surface area contributed by atoms with Gasteiger partial charge < -0.3 is 15.2 Å². The number of piperidine rings is 1. The van der Waals surface area contributed by atoms with Crippen LogP contribution >= 0.6 is 0 Å². The number of carbonyl (C=O) groups is 1. The molecule has 1 aromatic heterocycles. The van der Waals surface area contributed by atoms with E-state index < -0.39 is 10.0 Å². The SMILES string of the molecule is O=C(NCCCN1CCN(c2ccccc2F)CC1)C1CCN(S(=O)(=O)c2cnc[nH]2)CC1. The zero-order valence-corrected chi connectivity index (χ0v) is 19.4. The first-order chi connectivity index (χ1) is 15.9. The number of hydrogen-bond donors (Lipinski definition) is 2. The summed E-state index contributed by atoms with van der Waals surface area (Å²) in [4.78, 5) is 23.3. The Hall–Kier alpha value is -2.50. The van der Waals surface area contributed by atoms with Crippen molar-refractivity contribution in [1.29, 1.82) is 0 Å². The molecule has 9 nitrogen and oxygen atoms in total. The first-order valence-corrected chi connectivity index (χ1v) is 12.9. The van der Waals surface area contributed by atoms with Gasteiger partial charge >= 0.3 is 0 Å². The predicted molar refractivity (Wildman–Crippen MR) is 123 cm³/mol. The average Bonchev–Trinajstić information content (AvgIpc) is 3.39. The van der Waals surface area contributed by atoms with Gasteiger partial charge in [-0.2, -0.15) is 4.31 Å². The number of anilines is 1. The molecule has 3 heterocycles. The highest BCUT2D eigenvalue weighted by molar-refractivity contribution is 7.89. The number of imidazole rings is 1. The Balaban J connectivity index is 1.12. The number of benzene rings is 1. The summed E-state index contributed by atoms with van der Waals surface area (Å²) in [6, 6.07) is 6.87. The molecule has 0 spiro atoms. The summed E-state index contributed by atoms with van der Waals surface area (Å²) in [6.45, 7) is 5.43. The third-order valence-electron chi connectivity index (χ3n) is 6.43. The van der Waals surface area contributed by atoms with Crippen molar-refractivity contribution in [3.05, 3.63) is 42.6 Å². The van der Waals surface area contributed by atoms with E-state index in [9.17, 15) is 17.6 Å². The number of halogens is 1. The van der Waals surface area contributed by atoms with E-state index in [0.717, 1.165) is 39.1 Å². The highest BCUT2D eigenvalue weighted by atomic mass is 32.2. The van der Waals surface area contributed by atoms with Crippen LogP contribution in [0, 0.1) is 11.7 Å². The smallest absolute Gasteiger partial charge is 0.260 e. The molecule has 2 aliphatic rings. The van der Waals surface area contributed by atoms with Crippen LogP contribution in [0.2, 0.25) is 0 Å². The Kier molecular flexibility index (Phi) is 7.61. The van der Waals surface area contributed by atoms with E-state index in [0.29, 0.717) is 38.2 Å². The maximum Gasteiger partial charge on any atom is 0.260 e. The molecule has 0 unspecified atom stereocenters. The van der Waals surface area contributed by atoms with Crippen molar-refractivity contribution < 1.29 is 17.6 Å². The van der Waals surface area contributed by atoms with Crippen LogP contribution in [-0.2, 0) is 14.8 Å². The summed E-state index contributed by atoms with van der Waals surface area (Å²) in [7, 11) is -3.57. The number of nitrogens with one attached hydrogen (secondary N) is 2. The molecule has 2 aromatic rings. The molecule has 180 valence electrons. The minimum atomic E-state index is -3.57. The van der Waals surface area contributed by atoms with E-state index in [1.165, 1.54) is 22.9 Å². The van der Waals surface area contributed by atoms with E-state index in [1.54, 1.807) is 6.07 Å². The molecule has 0 aliphatic carbocycles. The number of hydrogen-bond acceptors (Lipinski definition) is 6. The zero-order chi connectivity index (χ0) is 23.3. The molecule has 2 aliphatic heterocycles. The number of H-pyrrole nitrogens is 1. The summed E-state index contributed by atoms with van der Waals surface area (Å²) in [6.07, 6.45) is 4.51. The van der Waals surface area contributed by atoms with Crippen LogP contribution in [0.3, 0.4) is 0 Å². The van der Waals surface area contributed by atoms with Crippen LogP contribution in [-0.4, -0.2) is 85.9 Å². The number of para-hydroxylation sites is 1. The molecule has 4 rings (SSSR count). The lowest BCUT2D eigenvalue weighted by Gasteiger charge is -2.36. The number of aromatic nitrogens is 2. The molecule has 33 heavy (non-hydrogen) atoms. The highest BCUT2D eigenvalue weighted by Crippen LogP contribution is 2.23. The van der Waals surface area contributed by atoms with Crippen LogP contribution in [0.5, 0.6) is 0 Å². The van der Waals surface area contributed by atoms with Gasteiger partial charge in [0.05, 0.1) is 18.2 Å². The summed E-state index contributed by atoms with van der Waals surface area (Å²) in [5, 5.41) is 3.09. The molecule has 2 saturated heterocycles. The maximum absolute atomic E-state index is 14.0. The quantitative estimate of drug-likeness (QED) is 0.555. The van der Waals surface area contributed by atoms with Crippen LogP contribution in [0.15, 0.2) is 41.8 Å². The van der Waals surface area contributed by atoms with Gasteiger partial charge in [-0.3, -0.25) is 9.69 Å². The van der Waals surface area contributed by atoms with E-state index >= 15 is 0 Å². The molecule has 2 N–H and O–H groups in total. The maximum atomic E-state index is 14.0. The third-order valence-corrected chi connectivity index (χ3v) is 8.26. The molecular weight excluding hydrogens is 447 g/mol. The number of sulfonamides is 1. The van der Waals surface area contributed by atoms with Gasteiger partial charge in [0.1, 0.15) is 5.82 Å². The zero-order valence-electron chi connectivity index (χ0n) is 18.6. The molecule has 0 radical (unpaired) electrons. The normalized spacial score (nSPS) is 19.0. The summed E-state index contributed by atoms with van der Waals surface area (Å²) in [5.74, 6) is -0.348. The van der Waals surface area contributed by atoms with Crippen molar-refractivity contribution in [2.45, 2.75) is 24.3 Å². The van der Waals surface area contributed by atoms with Crippen molar-refractivity contribution in [2.75, 3.05) is 57.3 Å². The van der Waals surface area contributed by atoms with Gasteiger partial charge in [-0.05, 0) is 37.9 Å². The standard InChI is InChI=1S/C22H31FN6O3S/c23-19-4-1-2-5-20(19)28-14-12-27(13-15-28)9-3-8-25-22(30)18-6-10-29(11-7-18)33(31,32)21-16-24-17-26-21/h1-2,4-5,16-18H,3,6-15H2,(H,24,26)(H,25,30). The van der Waals surface area contributed by atoms with E-state index in [1.807, 2.05) is 12.1 Å². The van der Waals surface area contributed by atoms with Crippen molar-refractivity contribution in [1.82, 2.24) is 24.5 Å². The summed E-state index contributed by atoms with van der Waals surface area (Å²) in [5.41, 5.74) is 0.660. The summed E-state index contributed by atoms with van der Waals surface area (Å²) >= 11 is 0. The molecule has 2 fully saturated rings. The first kappa shape index (κ1) is 23.7. The Labute approximate surface area is 194 Å². The number of rotatable bonds is 8. The van der Waals surface area contributed by atoms with E-state index in [-0.39, 0.29) is 22.7 Å². The van der Waals surface area contributed by atoms with Crippen molar-refractivity contribution in [2.24, 2.45) is 5.92 Å². The van der Waals surface area contributed by atoms with Gasteiger partial charge in [0.25, 0.3) is 10.0 Å². The molecule has 0 bridgehead atoms. The minimum absolute atomic E-state index is 0.00189. The van der Waals surface area contributed by atoms with Crippen LogP contribution < -0.4 is 10.2 Å². The molecule has 11 heteroatoms. The molecule has 1 amide bonds. The number of nitrogens with zero attached hydrogens (tertiary/aromatic N) is 4. The fraction of sp³-hybridized carbons (Fsp3) is 0.545. The second-order valence-corrected chi connectivity index (χ2v) is 10.4. The second-order valence-electron chi connectivity index (χ2n) is 8.52. The first-order valence-electron chi connectivity index (χ1n) is 11.4. The lowest BCUT2D eigenvalue weighted by Crippen LogP contribution is -2.47. The fourth-order valence-electron chi connectivity index (χ4n) is 4.46. The van der Waals surface area contributed by atoms with Gasteiger partial charge in [-0.25, -0.2) is 17.8 Å². The summed E-state index contributed by atoms with van der Waals surface area (Å²) < 4.78 is 40.4. The Bertz CT molecular complexity index is 1020. The number of piperazine rings is 1. The number of aromatic amines is 1. The lowest BCUT2D eigenvalue weighted by molar-refractivity contribution is -0.126. The van der Waals surface area contributed by atoms with E-state index in [4.69, 9.17) is 0 Å². The Morgan fingerprint density at radius 1 is 1.12 bits per heavy atom. The monoisotopic (exact) mass is 478 g/mol. The van der Waals surface area contributed by atoms with E-state index in [2.05, 4.69) is 25.1 Å². The largest absolute Gasteiger partial charge is 0.367 e. The lowest BCUT2D eigenvalue weighted by atomic mass is 9.97. The Morgan fingerprint density at radius 2 is 1.85 bits per heavy atom. The number of amides is 1. The van der Waals surface area contributed by atoms with Crippen molar-refractivity contribution >= 4 is 21.6 Å². The van der Waals surface area contributed by atoms with Crippen molar-refractivity contribution in [3.8, 4) is 0 Å². The third kappa shape index (κ3) is 5.71.